The Morgan fingerprint density at radius 2 is 0.800 bits per heavy atom. The van der Waals surface area contributed by atoms with Crippen molar-refractivity contribution in [2.24, 2.45) is 5.92 Å². The third-order valence-corrected chi connectivity index (χ3v) is 1.48. The summed E-state index contributed by atoms with van der Waals surface area (Å²) in [6.45, 7) is 14.6. The van der Waals surface area contributed by atoms with Crippen molar-refractivity contribution in [1.82, 2.24) is 0 Å². The van der Waals surface area contributed by atoms with Crippen molar-refractivity contribution < 1.29 is 0 Å². The van der Waals surface area contributed by atoms with Gasteiger partial charge >= 0.3 is 0 Å². The zero-order valence-electron chi connectivity index (χ0n) is 11.7. The zero-order valence-corrected chi connectivity index (χ0v) is 11.7. The summed E-state index contributed by atoms with van der Waals surface area (Å²) in [6.07, 6.45) is 1.31. The summed E-state index contributed by atoms with van der Waals surface area (Å²) in [6, 6.07) is 12.0. The van der Waals surface area contributed by atoms with Crippen LogP contribution in [0.25, 0.3) is 0 Å². The third kappa shape index (κ3) is 31.9. The second kappa shape index (κ2) is 23.2. The van der Waals surface area contributed by atoms with Crippen molar-refractivity contribution in [2.45, 2.75) is 54.9 Å². The monoisotopic (exact) mass is 210 g/mol. The number of hydrogen-bond donors (Lipinski definition) is 0. The van der Waals surface area contributed by atoms with E-state index in [1.165, 1.54) is 6.42 Å². The van der Waals surface area contributed by atoms with Crippen LogP contribution in [-0.2, 0) is 0 Å². The van der Waals surface area contributed by atoms with Crippen molar-refractivity contribution in [3.8, 4) is 0 Å². The van der Waals surface area contributed by atoms with Crippen molar-refractivity contribution in [3.05, 3.63) is 36.4 Å². The highest BCUT2D eigenvalue weighted by molar-refractivity contribution is 4.99. The van der Waals surface area contributed by atoms with Crippen LogP contribution in [0.4, 0.5) is 0 Å². The fourth-order valence-corrected chi connectivity index (χ4v) is 0.385. The highest BCUT2D eigenvalue weighted by Crippen LogP contribution is 1.93. The van der Waals surface area contributed by atoms with Gasteiger partial charge in [-0.2, -0.15) is 0 Å². The molecule has 0 atom stereocenters. The van der Waals surface area contributed by atoms with E-state index >= 15 is 0 Å². The lowest BCUT2D eigenvalue weighted by Crippen LogP contribution is -1.77. The molecule has 1 aromatic rings. The van der Waals surface area contributed by atoms with Gasteiger partial charge in [0.05, 0.1) is 0 Å². The maximum Gasteiger partial charge on any atom is -0.0474 e. The predicted molar refractivity (Wildman–Crippen MR) is 74.3 cm³/mol. The molecule has 0 bridgehead atoms. The lowest BCUT2D eigenvalue weighted by atomic mass is 10.2. The molecule has 1 rings (SSSR count). The molecule has 0 unspecified atom stereocenters. The Hall–Kier alpha value is -0.780. The normalized spacial score (nSPS) is 7.20. The first-order valence-electron chi connectivity index (χ1n) is 6.27. The van der Waals surface area contributed by atoms with Gasteiger partial charge in [0.15, 0.2) is 0 Å². The predicted octanol–water partition coefficient (Wildman–Crippen LogP) is 5.79. The minimum absolute atomic E-state index is 0.884. The first-order valence-corrected chi connectivity index (χ1v) is 6.27. The van der Waals surface area contributed by atoms with Crippen LogP contribution in [0.2, 0.25) is 0 Å². The fourth-order valence-electron chi connectivity index (χ4n) is 0.385. The molecule has 0 spiro atoms. The van der Waals surface area contributed by atoms with Crippen LogP contribution in [0.1, 0.15) is 54.9 Å². The Balaban J connectivity index is -0.000000146. The summed E-state index contributed by atoms with van der Waals surface area (Å²) >= 11 is 0. The molecule has 0 radical (unpaired) electrons. The largest absolute Gasteiger partial charge is 0.0683 e. The van der Waals surface area contributed by atoms with Crippen LogP contribution >= 0.6 is 0 Å². The van der Waals surface area contributed by atoms with E-state index in [4.69, 9.17) is 0 Å². The molecule has 0 aliphatic rings. The first-order chi connectivity index (χ1) is 7.27. The van der Waals surface area contributed by atoms with E-state index in [1.54, 1.807) is 0 Å². The van der Waals surface area contributed by atoms with Crippen LogP contribution in [0, 0.1) is 5.92 Å². The molecule has 0 N–H and O–H groups in total. The molecule has 1 aromatic carbocycles. The van der Waals surface area contributed by atoms with Gasteiger partial charge < -0.3 is 0 Å². The molecule has 0 aromatic heterocycles. The Kier molecular flexibility index (Phi) is 30.6. The van der Waals surface area contributed by atoms with Crippen LogP contribution in [0.5, 0.6) is 0 Å². The molecule has 0 aliphatic heterocycles. The molecular formula is C15H30. The lowest BCUT2D eigenvalue weighted by Gasteiger charge is -1.90. The maximum atomic E-state index is 2.22. The number of rotatable bonds is 1. The Labute approximate surface area is 97.7 Å². The molecule has 15 heavy (non-hydrogen) atoms. The average Bonchev–Trinajstić information content (AvgIpc) is 2.37. The third-order valence-electron chi connectivity index (χ3n) is 1.48. The SMILES string of the molecule is CC.CC.CCC(C)C.c1ccccc1. The van der Waals surface area contributed by atoms with Crippen LogP contribution < -0.4 is 0 Å². The van der Waals surface area contributed by atoms with Crippen LogP contribution in [0.3, 0.4) is 0 Å². The lowest BCUT2D eigenvalue weighted by molar-refractivity contribution is 0.626. The second-order valence-corrected chi connectivity index (χ2v) is 2.96. The fraction of sp³-hybridized carbons (Fsp3) is 0.600. The van der Waals surface area contributed by atoms with Crippen LogP contribution in [-0.4, -0.2) is 0 Å². The van der Waals surface area contributed by atoms with E-state index in [1.807, 2.05) is 64.1 Å². The average molecular weight is 210 g/mol. The van der Waals surface area contributed by atoms with Gasteiger partial charge in [-0.3, -0.25) is 0 Å². The van der Waals surface area contributed by atoms with E-state index in [2.05, 4.69) is 20.8 Å². The van der Waals surface area contributed by atoms with Gasteiger partial charge in [0.2, 0.25) is 0 Å². The van der Waals surface area contributed by atoms with Crippen molar-refractivity contribution >= 4 is 0 Å². The molecule has 0 amide bonds. The molecule has 90 valence electrons. The van der Waals surface area contributed by atoms with E-state index in [-0.39, 0.29) is 0 Å². The van der Waals surface area contributed by atoms with Gasteiger partial charge in [-0.15, -0.1) is 0 Å². The molecule has 0 saturated carbocycles. The molecule has 0 fully saturated rings. The number of benzene rings is 1. The Morgan fingerprint density at radius 3 is 0.867 bits per heavy atom. The van der Waals surface area contributed by atoms with Gasteiger partial charge in [0.25, 0.3) is 0 Å². The Bertz CT molecular complexity index is 115. The van der Waals surface area contributed by atoms with E-state index < -0.39 is 0 Å². The minimum Gasteiger partial charge on any atom is -0.0683 e. The summed E-state index contributed by atoms with van der Waals surface area (Å²) in [5, 5.41) is 0. The standard InChI is InChI=1S/C6H6.C5H12.2C2H6/c1-2-4-6-5-3-1;1-4-5(2)3;2*1-2/h1-6H;5H,4H2,1-3H3;2*1-2H3. The maximum absolute atomic E-state index is 2.22. The Morgan fingerprint density at radius 1 is 0.667 bits per heavy atom. The summed E-state index contributed by atoms with van der Waals surface area (Å²) in [7, 11) is 0. The van der Waals surface area contributed by atoms with E-state index in [0.717, 1.165) is 5.92 Å². The summed E-state index contributed by atoms with van der Waals surface area (Å²) < 4.78 is 0. The minimum atomic E-state index is 0.884. The van der Waals surface area contributed by atoms with Crippen molar-refractivity contribution in [2.75, 3.05) is 0 Å². The molecule has 0 nitrogen and oxygen atoms in total. The molecule has 0 saturated heterocycles. The van der Waals surface area contributed by atoms with Gasteiger partial charge in [0, 0.05) is 0 Å². The topological polar surface area (TPSA) is 0 Å². The second-order valence-electron chi connectivity index (χ2n) is 2.96. The van der Waals surface area contributed by atoms with E-state index in [9.17, 15) is 0 Å². The quantitative estimate of drug-likeness (QED) is 0.550. The summed E-state index contributed by atoms with van der Waals surface area (Å²) in [4.78, 5) is 0. The van der Waals surface area contributed by atoms with Gasteiger partial charge in [-0.1, -0.05) is 91.3 Å². The van der Waals surface area contributed by atoms with Gasteiger partial charge in [-0.25, -0.2) is 0 Å². The summed E-state index contributed by atoms with van der Waals surface area (Å²) in [5.74, 6) is 0.884. The summed E-state index contributed by atoms with van der Waals surface area (Å²) in [5.41, 5.74) is 0. The highest BCUT2D eigenvalue weighted by atomic mass is 13.9. The smallest absolute Gasteiger partial charge is 0.0474 e. The molecular weight excluding hydrogens is 180 g/mol. The zero-order chi connectivity index (χ0) is 12.5. The molecule has 0 heteroatoms. The first kappa shape index (κ1) is 19.7. The number of hydrogen-bond acceptors (Lipinski definition) is 0. The van der Waals surface area contributed by atoms with Gasteiger partial charge in [-0.05, 0) is 5.92 Å². The molecule has 0 aliphatic carbocycles. The van der Waals surface area contributed by atoms with Crippen LogP contribution in [0.15, 0.2) is 36.4 Å². The van der Waals surface area contributed by atoms with E-state index in [0.29, 0.717) is 0 Å². The highest BCUT2D eigenvalue weighted by Gasteiger charge is 1.80. The van der Waals surface area contributed by atoms with Crippen molar-refractivity contribution in [1.29, 1.82) is 0 Å². The molecule has 0 heterocycles. The van der Waals surface area contributed by atoms with Gasteiger partial charge in [0.1, 0.15) is 0 Å². The van der Waals surface area contributed by atoms with Crippen molar-refractivity contribution in [3.63, 3.8) is 0 Å².